The zero-order valence-electron chi connectivity index (χ0n) is 12.3. The molecule has 0 aliphatic carbocycles. The van der Waals surface area contributed by atoms with Crippen LogP contribution >= 0.6 is 15.9 Å². The number of pyridine rings is 1. The maximum Gasteiger partial charge on any atom is 0.143 e. The van der Waals surface area contributed by atoms with Crippen molar-refractivity contribution in [2.45, 2.75) is 26.3 Å². The lowest BCUT2D eigenvalue weighted by Crippen LogP contribution is -2.22. The second-order valence-corrected chi connectivity index (χ2v) is 6.95. The molecule has 108 valence electrons. The molecule has 21 heavy (non-hydrogen) atoms. The summed E-state index contributed by atoms with van der Waals surface area (Å²) in [6, 6.07) is 7.87. The molecule has 4 nitrogen and oxygen atoms in total. The van der Waals surface area contributed by atoms with Crippen LogP contribution in [0.15, 0.2) is 41.1 Å². The second-order valence-electron chi connectivity index (χ2n) is 6.04. The van der Waals surface area contributed by atoms with E-state index in [1.54, 1.807) is 12.4 Å². The summed E-state index contributed by atoms with van der Waals surface area (Å²) < 4.78 is 3.17. The number of fused-ring (bicyclic) bond motifs is 1. The van der Waals surface area contributed by atoms with Gasteiger partial charge in [0.2, 0.25) is 0 Å². The number of halogens is 1. The number of nitrogen functional groups attached to an aromatic ring is 1. The van der Waals surface area contributed by atoms with E-state index >= 15 is 0 Å². The van der Waals surface area contributed by atoms with E-state index in [0.29, 0.717) is 5.69 Å². The molecule has 0 aliphatic rings. The fraction of sp³-hybridized carbons (Fsp3) is 0.250. The number of aromatic nitrogens is 3. The minimum absolute atomic E-state index is 0.106. The van der Waals surface area contributed by atoms with E-state index in [2.05, 4.69) is 46.3 Å². The van der Waals surface area contributed by atoms with Crippen molar-refractivity contribution in [1.29, 1.82) is 0 Å². The summed E-state index contributed by atoms with van der Waals surface area (Å²) in [4.78, 5) is 8.91. The van der Waals surface area contributed by atoms with Crippen LogP contribution in [0.2, 0.25) is 0 Å². The molecule has 0 bridgehead atoms. The van der Waals surface area contributed by atoms with Crippen LogP contribution in [0.5, 0.6) is 0 Å². The summed E-state index contributed by atoms with van der Waals surface area (Å²) in [6.07, 6.45) is 3.58. The standard InChI is InChI=1S/C16H17BrN4/c1-16(2,3)21-14-6-7-19-9-13(14)20-15(21)11-5-4-10(17)8-12(11)18/h4-9H,18H2,1-3H3. The minimum Gasteiger partial charge on any atom is -0.398 e. The summed E-state index contributed by atoms with van der Waals surface area (Å²) in [5.74, 6) is 0.871. The molecule has 1 aromatic carbocycles. The number of benzene rings is 1. The average molecular weight is 345 g/mol. The molecule has 3 aromatic rings. The summed E-state index contributed by atoms with van der Waals surface area (Å²) >= 11 is 3.44. The number of anilines is 1. The monoisotopic (exact) mass is 344 g/mol. The Bertz CT molecular complexity index is 815. The first-order valence-electron chi connectivity index (χ1n) is 6.76. The van der Waals surface area contributed by atoms with Gasteiger partial charge >= 0.3 is 0 Å². The number of rotatable bonds is 1. The molecule has 0 saturated heterocycles. The van der Waals surface area contributed by atoms with Crippen LogP contribution in [0.1, 0.15) is 20.8 Å². The third-order valence-electron chi connectivity index (χ3n) is 3.38. The van der Waals surface area contributed by atoms with Gasteiger partial charge in [0.25, 0.3) is 0 Å². The van der Waals surface area contributed by atoms with Crippen LogP contribution in [0.25, 0.3) is 22.4 Å². The van der Waals surface area contributed by atoms with E-state index in [0.717, 1.165) is 26.9 Å². The van der Waals surface area contributed by atoms with Gasteiger partial charge in [0.1, 0.15) is 11.3 Å². The van der Waals surface area contributed by atoms with Crippen LogP contribution in [0, 0.1) is 0 Å². The van der Waals surface area contributed by atoms with Crippen molar-refractivity contribution in [3.8, 4) is 11.4 Å². The highest BCUT2D eigenvalue weighted by atomic mass is 79.9. The van der Waals surface area contributed by atoms with Crippen molar-refractivity contribution in [1.82, 2.24) is 14.5 Å². The van der Waals surface area contributed by atoms with Crippen LogP contribution < -0.4 is 5.73 Å². The van der Waals surface area contributed by atoms with Gasteiger partial charge in [0, 0.05) is 27.5 Å². The van der Waals surface area contributed by atoms with Crippen molar-refractivity contribution in [2.24, 2.45) is 0 Å². The van der Waals surface area contributed by atoms with E-state index in [4.69, 9.17) is 10.7 Å². The Kier molecular flexibility index (Phi) is 3.24. The molecule has 5 heteroatoms. The van der Waals surface area contributed by atoms with Crippen molar-refractivity contribution >= 4 is 32.7 Å². The highest BCUT2D eigenvalue weighted by Gasteiger charge is 2.23. The second kappa shape index (κ2) is 4.84. The molecule has 0 atom stereocenters. The smallest absolute Gasteiger partial charge is 0.143 e. The van der Waals surface area contributed by atoms with E-state index in [9.17, 15) is 0 Å². The molecule has 0 amide bonds. The molecule has 0 aliphatic heterocycles. The highest BCUT2D eigenvalue weighted by Crippen LogP contribution is 2.34. The number of nitrogens with two attached hydrogens (primary N) is 1. The predicted octanol–water partition coefficient (Wildman–Crippen LogP) is 4.20. The van der Waals surface area contributed by atoms with Gasteiger partial charge in [-0.05, 0) is 45.0 Å². The van der Waals surface area contributed by atoms with Crippen molar-refractivity contribution in [3.63, 3.8) is 0 Å². The summed E-state index contributed by atoms with van der Waals surface area (Å²) in [5.41, 5.74) is 9.67. The lowest BCUT2D eigenvalue weighted by molar-refractivity contribution is 0.413. The molecule has 2 heterocycles. The lowest BCUT2D eigenvalue weighted by Gasteiger charge is -2.25. The zero-order valence-corrected chi connectivity index (χ0v) is 13.8. The average Bonchev–Trinajstić information content (AvgIpc) is 2.77. The van der Waals surface area contributed by atoms with E-state index < -0.39 is 0 Å². The lowest BCUT2D eigenvalue weighted by atomic mass is 10.1. The molecular formula is C16H17BrN4. The first-order valence-corrected chi connectivity index (χ1v) is 7.55. The summed E-state index contributed by atoms with van der Waals surface area (Å²) in [6.45, 7) is 6.48. The number of hydrogen-bond acceptors (Lipinski definition) is 3. The van der Waals surface area contributed by atoms with Crippen molar-refractivity contribution in [3.05, 3.63) is 41.1 Å². The first kappa shape index (κ1) is 14.1. The van der Waals surface area contributed by atoms with Gasteiger partial charge in [-0.25, -0.2) is 4.98 Å². The van der Waals surface area contributed by atoms with Gasteiger partial charge in [-0.15, -0.1) is 0 Å². The molecule has 0 radical (unpaired) electrons. The number of nitrogens with zero attached hydrogens (tertiary/aromatic N) is 3. The molecule has 2 N–H and O–H groups in total. The summed E-state index contributed by atoms with van der Waals surface area (Å²) in [7, 11) is 0. The van der Waals surface area contributed by atoms with Crippen molar-refractivity contribution < 1.29 is 0 Å². The Morgan fingerprint density at radius 2 is 1.95 bits per heavy atom. The van der Waals surface area contributed by atoms with Gasteiger partial charge < -0.3 is 10.3 Å². The SMILES string of the molecule is CC(C)(C)n1c(-c2ccc(Br)cc2N)nc2cnccc21. The maximum atomic E-state index is 6.19. The van der Waals surface area contributed by atoms with Crippen LogP contribution in [-0.2, 0) is 5.54 Å². The predicted molar refractivity (Wildman–Crippen MR) is 90.1 cm³/mol. The van der Waals surface area contributed by atoms with Crippen LogP contribution in [0.3, 0.4) is 0 Å². The quantitative estimate of drug-likeness (QED) is 0.673. The topological polar surface area (TPSA) is 56.7 Å². The minimum atomic E-state index is -0.106. The molecule has 0 saturated carbocycles. The first-order chi connectivity index (χ1) is 9.88. The largest absolute Gasteiger partial charge is 0.398 e. The fourth-order valence-electron chi connectivity index (χ4n) is 2.53. The van der Waals surface area contributed by atoms with Gasteiger partial charge in [0.05, 0.1) is 11.7 Å². The zero-order chi connectivity index (χ0) is 15.2. The molecule has 2 aromatic heterocycles. The molecule has 0 unspecified atom stereocenters. The Labute approximate surface area is 132 Å². The summed E-state index contributed by atoms with van der Waals surface area (Å²) in [5, 5.41) is 0. The van der Waals surface area contributed by atoms with Crippen LogP contribution in [0.4, 0.5) is 5.69 Å². The van der Waals surface area contributed by atoms with Gasteiger partial charge in [-0.1, -0.05) is 15.9 Å². The molecule has 3 rings (SSSR count). The van der Waals surface area contributed by atoms with Gasteiger partial charge in [-0.2, -0.15) is 0 Å². The maximum absolute atomic E-state index is 6.19. The van der Waals surface area contributed by atoms with Gasteiger partial charge in [0.15, 0.2) is 0 Å². The van der Waals surface area contributed by atoms with Crippen molar-refractivity contribution in [2.75, 3.05) is 5.73 Å². The highest BCUT2D eigenvalue weighted by molar-refractivity contribution is 9.10. The Balaban J connectivity index is 2.37. The molecule has 0 fully saturated rings. The molecular weight excluding hydrogens is 328 g/mol. The third kappa shape index (κ3) is 2.42. The Hall–Kier alpha value is -1.88. The molecule has 0 spiro atoms. The Morgan fingerprint density at radius 3 is 2.62 bits per heavy atom. The normalized spacial score (nSPS) is 12.0. The van der Waals surface area contributed by atoms with Crippen LogP contribution in [-0.4, -0.2) is 14.5 Å². The van der Waals surface area contributed by atoms with E-state index in [1.807, 2.05) is 24.3 Å². The number of hydrogen-bond donors (Lipinski definition) is 1. The fourth-order valence-corrected chi connectivity index (χ4v) is 2.91. The van der Waals surface area contributed by atoms with Gasteiger partial charge in [-0.3, -0.25) is 4.98 Å². The third-order valence-corrected chi connectivity index (χ3v) is 3.88. The van der Waals surface area contributed by atoms with E-state index in [-0.39, 0.29) is 5.54 Å². The Morgan fingerprint density at radius 1 is 1.19 bits per heavy atom. The van der Waals surface area contributed by atoms with E-state index in [1.165, 1.54) is 0 Å². The number of imidazole rings is 1.